The number of piperidine rings is 1. The van der Waals surface area contributed by atoms with Crippen molar-refractivity contribution in [2.45, 2.75) is 38.0 Å². The van der Waals surface area contributed by atoms with Gasteiger partial charge < -0.3 is 15.0 Å². The summed E-state index contributed by atoms with van der Waals surface area (Å²) in [7, 11) is -4.08. The van der Waals surface area contributed by atoms with Crippen LogP contribution in [0.4, 0.5) is 17.3 Å². The van der Waals surface area contributed by atoms with Crippen LogP contribution in [0.5, 0.6) is 11.6 Å². The molecular weight excluding hydrogens is 526 g/mol. The lowest BCUT2D eigenvalue weighted by atomic mass is 10.00. The number of amides is 1. The third kappa shape index (κ3) is 5.10. The Morgan fingerprint density at radius 1 is 0.875 bits per heavy atom. The summed E-state index contributed by atoms with van der Waals surface area (Å²) in [4.78, 5) is 24.7. The van der Waals surface area contributed by atoms with Crippen LogP contribution in [-0.4, -0.2) is 37.4 Å². The standard InChI is InChI=1S/C30H29N5O4S/c1-19-8-6-9-20(2)28(19)25-18-27-33-30(32-25)34-40(37,38)23-11-7-10-21(16-23)31-29(36)24-17-22(39-27)12-13-26(24)35-14-4-3-5-15-35/h6-13,16-18H,3-5,14-15H2,1-2H3,(H,31,36)(H,32,33,34). The Kier molecular flexibility index (Phi) is 6.63. The van der Waals surface area contributed by atoms with Crippen LogP contribution in [0, 0.1) is 13.8 Å². The number of nitrogens with zero attached hydrogens (tertiary/aromatic N) is 3. The molecule has 0 saturated carbocycles. The summed E-state index contributed by atoms with van der Waals surface area (Å²) in [6, 6.07) is 19.1. The normalized spacial score (nSPS) is 16.2. The highest BCUT2D eigenvalue weighted by molar-refractivity contribution is 7.92. The van der Waals surface area contributed by atoms with Gasteiger partial charge in [0, 0.05) is 36.1 Å². The van der Waals surface area contributed by atoms with Gasteiger partial charge in [-0.1, -0.05) is 24.3 Å². The molecule has 0 radical (unpaired) electrons. The Labute approximate surface area is 233 Å². The zero-order valence-corrected chi connectivity index (χ0v) is 23.1. The second-order valence-electron chi connectivity index (χ2n) is 10.1. The SMILES string of the molecule is Cc1cccc(C)c1-c1cc2nc(n1)NS(=O)(=O)c1cccc(c1)NC(=O)c1cc(ccc1N1CCCCC1)O2. The largest absolute Gasteiger partial charge is 0.439 e. The van der Waals surface area contributed by atoms with Crippen molar-refractivity contribution in [3.05, 3.63) is 83.4 Å². The van der Waals surface area contributed by atoms with E-state index in [4.69, 9.17) is 4.74 Å². The number of hydrogen-bond acceptors (Lipinski definition) is 7. The molecule has 3 aromatic carbocycles. The van der Waals surface area contributed by atoms with Gasteiger partial charge in [0.15, 0.2) is 0 Å². The fraction of sp³-hybridized carbons (Fsp3) is 0.233. The van der Waals surface area contributed by atoms with Gasteiger partial charge >= 0.3 is 0 Å². The van der Waals surface area contributed by atoms with Crippen LogP contribution in [0.2, 0.25) is 0 Å². The lowest BCUT2D eigenvalue weighted by Crippen LogP contribution is -2.31. The predicted octanol–water partition coefficient (Wildman–Crippen LogP) is 5.91. The Morgan fingerprint density at radius 2 is 1.62 bits per heavy atom. The van der Waals surface area contributed by atoms with Crippen molar-refractivity contribution in [1.82, 2.24) is 9.97 Å². The van der Waals surface area contributed by atoms with Crippen molar-refractivity contribution < 1.29 is 17.9 Å². The molecule has 1 amide bonds. The highest BCUT2D eigenvalue weighted by Crippen LogP contribution is 2.34. The van der Waals surface area contributed by atoms with Gasteiger partial charge in [0.25, 0.3) is 15.9 Å². The molecule has 0 unspecified atom stereocenters. The fourth-order valence-electron chi connectivity index (χ4n) is 5.28. The average molecular weight is 556 g/mol. The third-order valence-corrected chi connectivity index (χ3v) is 8.53. The van der Waals surface area contributed by atoms with Crippen molar-refractivity contribution in [3.63, 3.8) is 0 Å². The van der Waals surface area contributed by atoms with Crippen LogP contribution in [0.3, 0.4) is 0 Å². The zero-order valence-electron chi connectivity index (χ0n) is 22.3. The molecule has 4 aromatic rings. The van der Waals surface area contributed by atoms with Crippen molar-refractivity contribution in [2.75, 3.05) is 28.0 Å². The third-order valence-electron chi connectivity index (χ3n) is 7.20. The Balaban J connectivity index is 1.54. The van der Waals surface area contributed by atoms with Crippen LogP contribution in [-0.2, 0) is 10.0 Å². The molecular formula is C30H29N5O4S. The molecule has 3 heterocycles. The lowest BCUT2D eigenvalue weighted by molar-refractivity contribution is 0.102. The average Bonchev–Trinajstić information content (AvgIpc) is 2.93. The maximum Gasteiger partial charge on any atom is 0.264 e. The summed E-state index contributed by atoms with van der Waals surface area (Å²) < 4.78 is 35.4. The van der Waals surface area contributed by atoms with Crippen molar-refractivity contribution in [2.24, 2.45) is 0 Å². The highest BCUT2D eigenvalue weighted by atomic mass is 32.2. The van der Waals surface area contributed by atoms with Gasteiger partial charge in [-0.05, 0) is 80.6 Å². The minimum absolute atomic E-state index is 0.0316. The van der Waals surface area contributed by atoms with Crippen LogP contribution >= 0.6 is 0 Å². The smallest absolute Gasteiger partial charge is 0.264 e. The van der Waals surface area contributed by atoms with E-state index in [0.717, 1.165) is 54.7 Å². The van der Waals surface area contributed by atoms with Crippen LogP contribution in [0.25, 0.3) is 11.3 Å². The minimum atomic E-state index is -4.08. The molecule has 2 N–H and O–H groups in total. The van der Waals surface area contributed by atoms with E-state index in [1.54, 1.807) is 30.3 Å². The summed E-state index contributed by atoms with van der Waals surface area (Å²) in [6.07, 6.45) is 3.27. The monoisotopic (exact) mass is 555 g/mol. The molecule has 9 nitrogen and oxygen atoms in total. The first kappa shape index (κ1) is 25.8. The fourth-order valence-corrected chi connectivity index (χ4v) is 6.27. The van der Waals surface area contributed by atoms with Crippen molar-refractivity contribution >= 4 is 33.3 Å². The van der Waals surface area contributed by atoms with Crippen molar-refractivity contribution in [1.29, 1.82) is 0 Å². The molecule has 1 aromatic heterocycles. The minimum Gasteiger partial charge on any atom is -0.439 e. The molecule has 1 fully saturated rings. The number of sulfonamides is 1. The molecule has 40 heavy (non-hydrogen) atoms. The maximum absolute atomic E-state index is 13.6. The topological polar surface area (TPSA) is 114 Å². The van der Waals surface area contributed by atoms with E-state index in [9.17, 15) is 13.2 Å². The zero-order chi connectivity index (χ0) is 27.9. The molecule has 6 rings (SSSR count). The number of hydrogen-bond donors (Lipinski definition) is 2. The lowest BCUT2D eigenvalue weighted by Gasteiger charge is -2.30. The first-order chi connectivity index (χ1) is 19.3. The van der Waals surface area contributed by atoms with Crippen LogP contribution in [0.15, 0.2) is 71.6 Å². The molecule has 2 aliphatic heterocycles. The Bertz CT molecular complexity index is 1710. The maximum atomic E-state index is 13.6. The second-order valence-corrected chi connectivity index (χ2v) is 11.8. The number of carbonyl (C=O) groups is 1. The molecule has 0 aliphatic carbocycles. The molecule has 0 spiro atoms. The molecule has 10 heteroatoms. The van der Waals surface area contributed by atoms with Gasteiger partial charge in [0.2, 0.25) is 11.8 Å². The molecule has 0 atom stereocenters. The number of rotatable bonds is 2. The Hall–Kier alpha value is -4.44. The van der Waals surface area contributed by atoms with E-state index in [0.29, 0.717) is 22.7 Å². The summed E-state index contributed by atoms with van der Waals surface area (Å²) in [5.41, 5.74) is 4.93. The second kappa shape index (κ2) is 10.3. The summed E-state index contributed by atoms with van der Waals surface area (Å²) in [6.45, 7) is 5.65. The van der Waals surface area contributed by atoms with Gasteiger partial charge in [-0.15, -0.1) is 0 Å². The van der Waals surface area contributed by atoms with Crippen LogP contribution < -0.4 is 19.7 Å². The van der Waals surface area contributed by atoms with E-state index < -0.39 is 10.0 Å². The number of aromatic nitrogens is 2. The van der Waals surface area contributed by atoms with Crippen molar-refractivity contribution in [3.8, 4) is 22.9 Å². The van der Waals surface area contributed by atoms with Gasteiger partial charge in [-0.2, -0.15) is 4.98 Å². The molecule has 204 valence electrons. The van der Waals surface area contributed by atoms with E-state index in [-0.39, 0.29) is 22.6 Å². The van der Waals surface area contributed by atoms with E-state index in [1.165, 1.54) is 12.1 Å². The van der Waals surface area contributed by atoms with Gasteiger partial charge in [-0.25, -0.2) is 18.1 Å². The number of aryl methyl sites for hydroxylation is 2. The summed E-state index contributed by atoms with van der Waals surface area (Å²) in [5, 5.41) is 2.87. The van der Waals surface area contributed by atoms with E-state index >= 15 is 0 Å². The first-order valence-corrected chi connectivity index (χ1v) is 14.7. The number of fused-ring (bicyclic) bond motifs is 6. The quantitative estimate of drug-likeness (QED) is 0.316. The molecule has 2 aliphatic rings. The summed E-state index contributed by atoms with van der Waals surface area (Å²) >= 11 is 0. The van der Waals surface area contributed by atoms with E-state index in [1.807, 2.05) is 38.1 Å². The van der Waals surface area contributed by atoms with E-state index in [2.05, 4.69) is 24.9 Å². The molecule has 6 bridgehead atoms. The number of nitrogens with one attached hydrogen (secondary N) is 2. The molecule has 1 saturated heterocycles. The van der Waals surface area contributed by atoms with Crippen LogP contribution in [0.1, 0.15) is 40.7 Å². The number of anilines is 3. The predicted molar refractivity (Wildman–Crippen MR) is 155 cm³/mol. The van der Waals surface area contributed by atoms with Gasteiger partial charge in [0.05, 0.1) is 16.2 Å². The van der Waals surface area contributed by atoms with Gasteiger partial charge in [0.1, 0.15) is 5.75 Å². The first-order valence-electron chi connectivity index (χ1n) is 13.2. The Morgan fingerprint density at radius 3 is 2.40 bits per heavy atom. The number of ether oxygens (including phenoxy) is 1. The number of carbonyl (C=O) groups excluding carboxylic acids is 1. The number of benzene rings is 3. The summed E-state index contributed by atoms with van der Waals surface area (Å²) in [5.74, 6) is 0.0712. The highest BCUT2D eigenvalue weighted by Gasteiger charge is 2.23. The van der Waals surface area contributed by atoms with Gasteiger partial charge in [-0.3, -0.25) is 4.79 Å².